The molecule has 0 N–H and O–H groups in total. The van der Waals surface area contributed by atoms with Crippen molar-refractivity contribution in [3.8, 4) is 5.69 Å². The lowest BCUT2D eigenvalue weighted by Gasteiger charge is -2.19. The van der Waals surface area contributed by atoms with Crippen LogP contribution < -0.4 is 5.56 Å². The summed E-state index contributed by atoms with van der Waals surface area (Å²) >= 11 is 0. The van der Waals surface area contributed by atoms with Crippen LogP contribution in [0.4, 0.5) is 8.78 Å². The van der Waals surface area contributed by atoms with Crippen LogP contribution in [0.25, 0.3) is 27.5 Å². The molecule has 34 heavy (non-hydrogen) atoms. The predicted octanol–water partition coefficient (Wildman–Crippen LogP) is 4.40. The van der Waals surface area contributed by atoms with Gasteiger partial charge >= 0.3 is 6.55 Å². The molecule has 0 aliphatic carbocycles. The molecular formula is C25H19F2N5O2. The van der Waals surface area contributed by atoms with Gasteiger partial charge in [-0.1, -0.05) is 48.5 Å². The maximum atomic E-state index is 13.8. The minimum absolute atomic E-state index is 0.0428. The second-order valence-corrected chi connectivity index (χ2v) is 7.77. The van der Waals surface area contributed by atoms with Crippen LogP contribution in [0.2, 0.25) is 0 Å². The van der Waals surface area contributed by atoms with Gasteiger partial charge in [-0.3, -0.25) is 14.2 Å². The van der Waals surface area contributed by atoms with E-state index in [-0.39, 0.29) is 29.1 Å². The van der Waals surface area contributed by atoms with E-state index in [9.17, 15) is 18.4 Å². The zero-order chi connectivity index (χ0) is 23.8. The molecule has 0 radical (unpaired) electrons. The number of imidazole rings is 1. The summed E-state index contributed by atoms with van der Waals surface area (Å²) < 4.78 is 29.6. The Morgan fingerprint density at radius 1 is 0.941 bits per heavy atom. The zero-order valence-corrected chi connectivity index (χ0v) is 18.1. The molecule has 0 bridgehead atoms. The van der Waals surface area contributed by atoms with Crippen LogP contribution in [0.1, 0.15) is 22.9 Å². The van der Waals surface area contributed by atoms with E-state index in [1.54, 1.807) is 72.8 Å². The Hall–Kier alpha value is -4.40. The standard InChI is InChI=1S/C25H19F2N5O2/c1-30(15-21-28-19-13-7-8-14-20(19)31(21)25(26)27)24(34)22-17-11-5-6-12-18(17)23(33)32(29-22)16-9-3-2-4-10-16/h2-14,25H,15H2,1H3. The van der Waals surface area contributed by atoms with Crippen molar-refractivity contribution in [1.29, 1.82) is 0 Å². The lowest BCUT2D eigenvalue weighted by molar-refractivity contribution is 0.0644. The number of carbonyl (C=O) groups is 1. The molecule has 0 saturated carbocycles. The maximum Gasteiger partial charge on any atom is 0.320 e. The van der Waals surface area contributed by atoms with Crippen LogP contribution in [0.15, 0.2) is 83.7 Å². The fraction of sp³-hybridized carbons (Fsp3) is 0.120. The lowest BCUT2D eigenvalue weighted by Crippen LogP contribution is -2.32. The summed E-state index contributed by atoms with van der Waals surface area (Å²) in [7, 11) is 1.49. The Morgan fingerprint density at radius 2 is 1.59 bits per heavy atom. The van der Waals surface area contributed by atoms with E-state index in [4.69, 9.17) is 0 Å². The lowest BCUT2D eigenvalue weighted by atomic mass is 10.1. The molecule has 0 fully saturated rings. The predicted molar refractivity (Wildman–Crippen MR) is 124 cm³/mol. The van der Waals surface area contributed by atoms with Crippen molar-refractivity contribution in [2.24, 2.45) is 0 Å². The maximum absolute atomic E-state index is 13.8. The third-order valence-electron chi connectivity index (χ3n) is 5.60. The number of aromatic nitrogens is 4. The third kappa shape index (κ3) is 3.61. The van der Waals surface area contributed by atoms with Crippen molar-refractivity contribution in [2.75, 3.05) is 7.05 Å². The number of nitrogens with zero attached hydrogens (tertiary/aromatic N) is 5. The summed E-state index contributed by atoms with van der Waals surface area (Å²) in [5.41, 5.74) is 0.894. The van der Waals surface area contributed by atoms with Crippen molar-refractivity contribution < 1.29 is 13.6 Å². The van der Waals surface area contributed by atoms with Gasteiger partial charge in [0.15, 0.2) is 5.69 Å². The van der Waals surface area contributed by atoms with Crippen LogP contribution in [-0.4, -0.2) is 37.2 Å². The van der Waals surface area contributed by atoms with Crippen molar-refractivity contribution in [2.45, 2.75) is 13.1 Å². The van der Waals surface area contributed by atoms with Crippen molar-refractivity contribution in [1.82, 2.24) is 24.2 Å². The van der Waals surface area contributed by atoms with Crippen molar-refractivity contribution in [3.63, 3.8) is 0 Å². The zero-order valence-electron chi connectivity index (χ0n) is 18.1. The summed E-state index contributed by atoms with van der Waals surface area (Å²) in [5.74, 6) is -0.471. The first kappa shape index (κ1) is 21.4. The summed E-state index contributed by atoms with van der Waals surface area (Å²) in [5, 5.41) is 5.09. The van der Waals surface area contributed by atoms with E-state index in [1.807, 2.05) is 6.07 Å². The normalized spacial score (nSPS) is 11.4. The van der Waals surface area contributed by atoms with Gasteiger partial charge in [0, 0.05) is 12.4 Å². The Balaban J connectivity index is 1.59. The van der Waals surface area contributed by atoms with Crippen LogP contribution in [0.3, 0.4) is 0 Å². The first-order valence-electron chi connectivity index (χ1n) is 10.5. The van der Waals surface area contributed by atoms with Gasteiger partial charge in [0.05, 0.1) is 28.7 Å². The number of fused-ring (bicyclic) bond motifs is 2. The number of alkyl halides is 2. The molecule has 0 aliphatic rings. The SMILES string of the molecule is CN(Cc1nc2ccccc2n1C(F)F)C(=O)c1nn(-c2ccccc2)c(=O)c2ccccc12. The average Bonchev–Trinajstić information content (AvgIpc) is 3.22. The smallest absolute Gasteiger partial charge is 0.320 e. The quantitative estimate of drug-likeness (QED) is 0.391. The molecule has 0 aliphatic heterocycles. The van der Waals surface area contributed by atoms with Crippen LogP contribution in [0, 0.1) is 0 Å². The molecule has 5 rings (SSSR count). The number of hydrogen-bond donors (Lipinski definition) is 0. The van der Waals surface area contributed by atoms with Gasteiger partial charge in [-0.2, -0.15) is 18.6 Å². The molecule has 0 spiro atoms. The molecule has 9 heteroatoms. The Bertz CT molecular complexity index is 1580. The molecule has 1 amide bonds. The molecule has 2 heterocycles. The first-order valence-corrected chi connectivity index (χ1v) is 10.5. The summed E-state index contributed by atoms with van der Waals surface area (Å²) in [6.45, 7) is -2.98. The Labute approximate surface area is 192 Å². The van der Waals surface area contributed by atoms with E-state index >= 15 is 0 Å². The summed E-state index contributed by atoms with van der Waals surface area (Å²) in [6, 6.07) is 22.0. The number of benzene rings is 3. The summed E-state index contributed by atoms with van der Waals surface area (Å²) in [4.78, 5) is 32.1. The fourth-order valence-electron chi connectivity index (χ4n) is 3.98. The molecular weight excluding hydrogens is 440 g/mol. The van der Waals surface area contributed by atoms with Gasteiger partial charge in [0.25, 0.3) is 11.5 Å². The molecule has 170 valence electrons. The molecule has 0 saturated heterocycles. The highest BCUT2D eigenvalue weighted by molar-refractivity contribution is 6.04. The average molecular weight is 459 g/mol. The second-order valence-electron chi connectivity index (χ2n) is 7.77. The third-order valence-corrected chi connectivity index (χ3v) is 5.60. The molecule has 3 aromatic carbocycles. The van der Waals surface area contributed by atoms with Crippen LogP contribution in [-0.2, 0) is 6.54 Å². The number of amides is 1. The highest BCUT2D eigenvalue weighted by Crippen LogP contribution is 2.24. The topological polar surface area (TPSA) is 73.0 Å². The number of hydrogen-bond acceptors (Lipinski definition) is 4. The largest absolute Gasteiger partial charge is 0.333 e. The van der Waals surface area contributed by atoms with E-state index in [1.165, 1.54) is 16.6 Å². The van der Waals surface area contributed by atoms with Crippen LogP contribution in [0.5, 0.6) is 0 Å². The molecule has 7 nitrogen and oxygen atoms in total. The first-order chi connectivity index (χ1) is 16.5. The second kappa shape index (κ2) is 8.51. The van der Waals surface area contributed by atoms with Gasteiger partial charge in [0.1, 0.15) is 5.82 Å². The summed E-state index contributed by atoms with van der Waals surface area (Å²) in [6.07, 6.45) is 0. The molecule has 5 aromatic rings. The number of rotatable bonds is 5. The van der Waals surface area contributed by atoms with Gasteiger partial charge in [0.2, 0.25) is 0 Å². The number of halogens is 2. The number of carbonyl (C=O) groups excluding carboxylic acids is 1. The fourth-order valence-corrected chi connectivity index (χ4v) is 3.98. The van der Waals surface area contributed by atoms with Crippen molar-refractivity contribution in [3.05, 3.63) is 101 Å². The molecule has 2 aromatic heterocycles. The highest BCUT2D eigenvalue weighted by atomic mass is 19.3. The minimum Gasteiger partial charge on any atom is -0.333 e. The molecule has 0 atom stereocenters. The van der Waals surface area contributed by atoms with Gasteiger partial charge < -0.3 is 4.90 Å². The number of para-hydroxylation sites is 3. The van der Waals surface area contributed by atoms with E-state index < -0.39 is 12.5 Å². The van der Waals surface area contributed by atoms with Crippen molar-refractivity contribution >= 4 is 27.7 Å². The van der Waals surface area contributed by atoms with Crippen LogP contribution >= 0.6 is 0 Å². The van der Waals surface area contributed by atoms with E-state index in [0.29, 0.717) is 22.0 Å². The minimum atomic E-state index is -2.81. The molecule has 0 unspecified atom stereocenters. The monoisotopic (exact) mass is 459 g/mol. The van der Waals surface area contributed by atoms with Gasteiger partial charge in [-0.05, 0) is 30.3 Å². The Kier molecular flexibility index (Phi) is 5.37. The van der Waals surface area contributed by atoms with E-state index in [0.717, 1.165) is 4.57 Å². The Morgan fingerprint density at radius 3 is 2.32 bits per heavy atom. The van der Waals surface area contributed by atoms with Gasteiger partial charge in [-0.25, -0.2) is 4.98 Å². The highest BCUT2D eigenvalue weighted by Gasteiger charge is 2.24. The van der Waals surface area contributed by atoms with Gasteiger partial charge in [-0.15, -0.1) is 0 Å². The van der Waals surface area contributed by atoms with E-state index in [2.05, 4.69) is 10.1 Å².